The van der Waals surface area contributed by atoms with Gasteiger partial charge in [0.1, 0.15) is 0 Å². The van der Waals surface area contributed by atoms with Crippen LogP contribution in [-0.2, 0) is 0 Å². The van der Waals surface area contributed by atoms with Crippen LogP contribution in [0.1, 0.15) is 59.3 Å². The van der Waals surface area contributed by atoms with Crippen LogP contribution in [0, 0.1) is 5.82 Å². The Morgan fingerprint density at radius 1 is 1.00 bits per heavy atom. The SMILES string of the molecule is CCC[CH2][Sn]([CH2]CCC)([CH2]CCC)[c]1cc(OC)c(F)cn1. The number of unbranched alkanes of at least 4 members (excludes halogenated alkanes) is 3. The Bertz CT molecular complexity index is 417. The molecule has 22 heavy (non-hydrogen) atoms. The van der Waals surface area contributed by atoms with Gasteiger partial charge < -0.3 is 0 Å². The summed E-state index contributed by atoms with van der Waals surface area (Å²) in [7, 11) is 1.55. The molecule has 0 aliphatic carbocycles. The molecule has 1 heterocycles. The van der Waals surface area contributed by atoms with E-state index in [1.165, 1.54) is 61.7 Å². The molecule has 0 aliphatic rings. The zero-order chi connectivity index (χ0) is 16.4. The van der Waals surface area contributed by atoms with E-state index in [4.69, 9.17) is 4.74 Å². The number of hydrogen-bond acceptors (Lipinski definition) is 2. The standard InChI is InChI=1S/C6H5FNO.3C4H9.Sn/c1-9-6-2-3-8-4-5(6)7;3*1-3-4-2;/h2,4H,1H3;3*1,3-4H2,2H3;. The maximum atomic E-state index is 13.8. The van der Waals surface area contributed by atoms with Crippen LogP contribution in [0.3, 0.4) is 0 Å². The van der Waals surface area contributed by atoms with E-state index in [1.54, 1.807) is 7.11 Å². The second-order valence-corrected chi connectivity index (χ2v) is 19.3. The van der Waals surface area contributed by atoms with Gasteiger partial charge in [-0.1, -0.05) is 0 Å². The van der Waals surface area contributed by atoms with E-state index in [2.05, 4.69) is 25.8 Å². The Morgan fingerprint density at radius 2 is 1.50 bits per heavy atom. The Labute approximate surface area is 139 Å². The van der Waals surface area contributed by atoms with E-state index in [0.29, 0.717) is 5.75 Å². The van der Waals surface area contributed by atoms with Crippen molar-refractivity contribution in [3.8, 4) is 5.75 Å². The molecule has 0 unspecified atom stereocenters. The molecule has 0 radical (unpaired) electrons. The van der Waals surface area contributed by atoms with Gasteiger partial charge >= 0.3 is 140 Å². The summed E-state index contributed by atoms with van der Waals surface area (Å²) in [6.07, 6.45) is 8.92. The normalized spacial score (nSPS) is 11.7. The second kappa shape index (κ2) is 10.5. The van der Waals surface area contributed by atoms with Gasteiger partial charge in [-0.2, -0.15) is 0 Å². The summed E-state index contributed by atoms with van der Waals surface area (Å²) in [5, 5.41) is 0. The van der Waals surface area contributed by atoms with Crippen LogP contribution in [0.4, 0.5) is 4.39 Å². The number of ether oxygens (including phenoxy) is 1. The van der Waals surface area contributed by atoms with Crippen LogP contribution in [0.2, 0.25) is 13.3 Å². The van der Waals surface area contributed by atoms with E-state index < -0.39 is 18.4 Å². The number of pyridine rings is 1. The van der Waals surface area contributed by atoms with Gasteiger partial charge in [0.25, 0.3) is 0 Å². The van der Waals surface area contributed by atoms with Gasteiger partial charge in [0, 0.05) is 0 Å². The zero-order valence-corrected chi connectivity index (χ0v) is 17.6. The molecule has 0 saturated carbocycles. The maximum absolute atomic E-state index is 13.8. The van der Waals surface area contributed by atoms with E-state index in [9.17, 15) is 4.39 Å². The molecule has 0 fully saturated rings. The summed E-state index contributed by atoms with van der Waals surface area (Å²) in [5.74, 6) is 0.0310. The Hall–Kier alpha value is -0.321. The van der Waals surface area contributed by atoms with Crippen LogP contribution in [-0.4, -0.2) is 30.5 Å². The van der Waals surface area contributed by atoms with Crippen molar-refractivity contribution in [3.63, 3.8) is 0 Å². The predicted molar refractivity (Wildman–Crippen MR) is 95.3 cm³/mol. The first-order valence-corrected chi connectivity index (χ1v) is 16.3. The van der Waals surface area contributed by atoms with Crippen molar-refractivity contribution >= 4 is 22.1 Å². The quantitative estimate of drug-likeness (QED) is 0.458. The third-order valence-electron chi connectivity index (χ3n) is 4.61. The number of nitrogens with zero attached hydrogens (tertiary/aromatic N) is 1. The Balaban J connectivity index is 3.18. The number of rotatable bonds is 11. The molecule has 1 aromatic rings. The summed E-state index contributed by atoms with van der Waals surface area (Å²) in [5.41, 5.74) is 0. The van der Waals surface area contributed by atoms with E-state index >= 15 is 0 Å². The van der Waals surface area contributed by atoms with E-state index in [1.807, 2.05) is 6.07 Å². The van der Waals surface area contributed by atoms with Crippen LogP contribution in [0.25, 0.3) is 0 Å². The van der Waals surface area contributed by atoms with Crippen molar-refractivity contribution in [2.45, 2.75) is 72.6 Å². The molecule has 0 spiro atoms. The molecule has 1 aromatic heterocycles. The molecule has 0 amide bonds. The van der Waals surface area contributed by atoms with Crippen molar-refractivity contribution in [1.29, 1.82) is 0 Å². The number of halogens is 1. The van der Waals surface area contributed by atoms with Gasteiger partial charge in [-0.25, -0.2) is 0 Å². The zero-order valence-electron chi connectivity index (χ0n) is 14.8. The van der Waals surface area contributed by atoms with Crippen molar-refractivity contribution < 1.29 is 9.13 Å². The molecule has 4 heteroatoms. The minimum atomic E-state index is -2.55. The monoisotopic (exact) mass is 417 g/mol. The van der Waals surface area contributed by atoms with E-state index in [-0.39, 0.29) is 5.82 Å². The fraction of sp³-hybridized carbons (Fsp3) is 0.722. The third kappa shape index (κ3) is 5.39. The molecule has 2 nitrogen and oxygen atoms in total. The van der Waals surface area contributed by atoms with Gasteiger partial charge in [-0.3, -0.25) is 0 Å². The van der Waals surface area contributed by atoms with Crippen molar-refractivity contribution in [3.05, 3.63) is 18.1 Å². The fourth-order valence-corrected chi connectivity index (χ4v) is 18.5. The molecule has 0 aromatic carbocycles. The average molecular weight is 416 g/mol. The second-order valence-electron chi connectivity index (χ2n) is 6.30. The summed E-state index contributed by atoms with van der Waals surface area (Å²) >= 11 is -2.55. The average Bonchev–Trinajstić information content (AvgIpc) is 2.55. The van der Waals surface area contributed by atoms with E-state index in [0.717, 1.165) is 0 Å². The molecular weight excluding hydrogens is 384 g/mol. The Morgan fingerprint density at radius 3 is 1.91 bits per heavy atom. The topological polar surface area (TPSA) is 22.1 Å². The first-order valence-electron chi connectivity index (χ1n) is 8.83. The first-order chi connectivity index (χ1) is 10.6. The fourth-order valence-electron chi connectivity index (χ4n) is 3.17. The Kier molecular flexibility index (Phi) is 9.37. The molecule has 1 rings (SSSR count). The number of aromatic nitrogens is 1. The van der Waals surface area contributed by atoms with Crippen molar-refractivity contribution in [1.82, 2.24) is 4.98 Å². The molecule has 0 saturated heterocycles. The van der Waals surface area contributed by atoms with Gasteiger partial charge in [0.15, 0.2) is 0 Å². The molecule has 126 valence electrons. The molecule has 0 bridgehead atoms. The van der Waals surface area contributed by atoms with Gasteiger partial charge in [-0.15, -0.1) is 0 Å². The molecule has 0 N–H and O–H groups in total. The predicted octanol–water partition coefficient (Wildman–Crippen LogP) is 5.29. The molecular formula is C18H32FNOSn. The van der Waals surface area contributed by atoms with Crippen molar-refractivity contribution in [2.75, 3.05) is 7.11 Å². The van der Waals surface area contributed by atoms with Gasteiger partial charge in [0.05, 0.1) is 0 Å². The summed E-state index contributed by atoms with van der Waals surface area (Å²) in [4.78, 5) is 4.56. The number of hydrogen-bond donors (Lipinski definition) is 0. The van der Waals surface area contributed by atoms with Crippen LogP contribution >= 0.6 is 0 Å². The van der Waals surface area contributed by atoms with Crippen molar-refractivity contribution in [2.24, 2.45) is 0 Å². The first kappa shape index (κ1) is 19.7. The minimum absolute atomic E-state index is 0.340. The van der Waals surface area contributed by atoms with Crippen LogP contribution in [0.15, 0.2) is 12.3 Å². The third-order valence-corrected chi connectivity index (χ3v) is 19.7. The molecule has 0 aliphatic heterocycles. The summed E-state index contributed by atoms with van der Waals surface area (Å²) < 4.78 is 24.2. The molecule has 0 atom stereocenters. The summed E-state index contributed by atoms with van der Waals surface area (Å²) in [6, 6.07) is 1.92. The van der Waals surface area contributed by atoms with Gasteiger partial charge in [-0.05, 0) is 0 Å². The van der Waals surface area contributed by atoms with Crippen LogP contribution in [0.5, 0.6) is 5.75 Å². The number of methoxy groups -OCH3 is 1. The summed E-state index contributed by atoms with van der Waals surface area (Å²) in [6.45, 7) is 6.78. The van der Waals surface area contributed by atoms with Gasteiger partial charge in [0.2, 0.25) is 0 Å². The van der Waals surface area contributed by atoms with Crippen LogP contribution < -0.4 is 8.45 Å².